The largest absolute Gasteiger partial charge is 0.143 e. The zero-order valence-corrected chi connectivity index (χ0v) is 19.5. The Kier molecular flexibility index (Phi) is 4.93. The van der Waals surface area contributed by atoms with Crippen molar-refractivity contribution < 1.29 is 0 Å². The number of unbranched alkanes of at least 4 members (excludes halogenated alkanes) is 2. The van der Waals surface area contributed by atoms with Gasteiger partial charge in [-0.3, -0.25) is 0 Å². The topological polar surface area (TPSA) is 0 Å². The molecule has 0 amide bonds. The van der Waals surface area contributed by atoms with E-state index in [1.807, 2.05) is 22.7 Å². The molecule has 2 aromatic heterocycles. The van der Waals surface area contributed by atoms with Crippen LogP contribution in [-0.4, -0.2) is 0 Å². The fraction of sp³-hybridized carbons (Fsp3) is 0.241. The highest BCUT2D eigenvalue weighted by atomic mass is 32.1. The third-order valence-corrected chi connectivity index (χ3v) is 8.83. The van der Waals surface area contributed by atoms with E-state index in [1.165, 1.54) is 84.1 Å². The number of hydrogen-bond donors (Lipinski definition) is 0. The summed E-state index contributed by atoms with van der Waals surface area (Å²) in [7, 11) is 0. The van der Waals surface area contributed by atoms with E-state index in [2.05, 4.69) is 73.0 Å². The second-order valence-electron chi connectivity index (χ2n) is 8.72. The smallest absolute Gasteiger partial charge is 0.0430 e. The standard InChI is InChI=1S/C29H26S2/c1-2-3-4-5-19-6-8-20(9-7-19)10-13-23-18-22-12-15-25-26-24(27(25)29(22)31-23)14-11-21-16-17-30-28(21)26/h6-9,11-12,14-18H,2-5,10,13H2,1H3. The first-order valence-electron chi connectivity index (χ1n) is 11.5. The summed E-state index contributed by atoms with van der Waals surface area (Å²) in [5, 5.41) is 4.99. The van der Waals surface area contributed by atoms with Crippen molar-refractivity contribution in [2.45, 2.75) is 45.4 Å². The van der Waals surface area contributed by atoms with Gasteiger partial charge in [-0.25, -0.2) is 0 Å². The van der Waals surface area contributed by atoms with Crippen LogP contribution in [0.5, 0.6) is 0 Å². The summed E-state index contributed by atoms with van der Waals surface area (Å²) in [5.41, 5.74) is 8.78. The van der Waals surface area contributed by atoms with Crippen LogP contribution in [0.1, 0.15) is 42.2 Å². The normalized spacial score (nSPS) is 12.2. The van der Waals surface area contributed by atoms with Crippen LogP contribution in [0.2, 0.25) is 0 Å². The molecule has 6 rings (SSSR count). The Bertz CT molecular complexity index is 1380. The third kappa shape index (κ3) is 3.33. The molecule has 0 atom stereocenters. The molecule has 0 fully saturated rings. The molecular formula is C29H26S2. The molecule has 2 heteroatoms. The molecule has 0 aliphatic heterocycles. The van der Waals surface area contributed by atoms with Crippen molar-refractivity contribution >= 4 is 42.8 Å². The molecule has 5 aromatic rings. The average molecular weight is 439 g/mol. The van der Waals surface area contributed by atoms with Crippen molar-refractivity contribution in [3.63, 3.8) is 0 Å². The number of rotatable bonds is 7. The molecular weight excluding hydrogens is 412 g/mol. The molecule has 2 heterocycles. The maximum atomic E-state index is 2.42. The molecule has 0 radical (unpaired) electrons. The lowest BCUT2D eigenvalue weighted by Gasteiger charge is -2.25. The predicted molar refractivity (Wildman–Crippen MR) is 139 cm³/mol. The number of hydrogen-bond acceptors (Lipinski definition) is 2. The van der Waals surface area contributed by atoms with E-state index in [-0.39, 0.29) is 0 Å². The summed E-state index contributed by atoms with van der Waals surface area (Å²) < 4.78 is 2.92. The number of thiophene rings is 2. The summed E-state index contributed by atoms with van der Waals surface area (Å²) in [6.07, 6.45) is 7.40. The number of benzene rings is 3. The summed E-state index contributed by atoms with van der Waals surface area (Å²) in [4.78, 5) is 1.50. The van der Waals surface area contributed by atoms with E-state index in [9.17, 15) is 0 Å². The van der Waals surface area contributed by atoms with Gasteiger partial charge >= 0.3 is 0 Å². The minimum Gasteiger partial charge on any atom is -0.143 e. The first kappa shape index (κ1) is 19.3. The fourth-order valence-corrected chi connectivity index (χ4v) is 7.10. The minimum atomic E-state index is 1.12. The van der Waals surface area contributed by atoms with E-state index in [0.29, 0.717) is 0 Å². The van der Waals surface area contributed by atoms with Crippen LogP contribution in [0.3, 0.4) is 0 Å². The van der Waals surface area contributed by atoms with Crippen molar-refractivity contribution in [1.29, 1.82) is 0 Å². The van der Waals surface area contributed by atoms with Crippen LogP contribution in [-0.2, 0) is 19.3 Å². The number of fused-ring (bicyclic) bond motifs is 8. The molecule has 0 spiro atoms. The van der Waals surface area contributed by atoms with Gasteiger partial charge in [0.25, 0.3) is 0 Å². The van der Waals surface area contributed by atoms with Crippen molar-refractivity contribution in [2.75, 3.05) is 0 Å². The lowest BCUT2D eigenvalue weighted by molar-refractivity contribution is 0.717. The molecule has 31 heavy (non-hydrogen) atoms. The zero-order valence-electron chi connectivity index (χ0n) is 17.9. The molecule has 1 aliphatic rings. The van der Waals surface area contributed by atoms with Gasteiger partial charge in [0, 0.05) is 25.4 Å². The maximum Gasteiger partial charge on any atom is 0.0430 e. The van der Waals surface area contributed by atoms with Crippen LogP contribution < -0.4 is 0 Å². The quantitative estimate of drug-likeness (QED) is 0.218. The number of aryl methyl sites for hydroxylation is 3. The molecule has 154 valence electrons. The highest BCUT2D eigenvalue weighted by Crippen LogP contribution is 2.55. The first-order valence-corrected chi connectivity index (χ1v) is 13.2. The second-order valence-corrected chi connectivity index (χ2v) is 10.8. The predicted octanol–water partition coefficient (Wildman–Crippen LogP) is 9.28. The Morgan fingerprint density at radius 1 is 0.645 bits per heavy atom. The van der Waals surface area contributed by atoms with E-state index in [1.54, 1.807) is 0 Å². The van der Waals surface area contributed by atoms with E-state index in [4.69, 9.17) is 0 Å². The highest BCUT2D eigenvalue weighted by molar-refractivity contribution is 7.20. The van der Waals surface area contributed by atoms with Crippen molar-refractivity contribution in [3.8, 4) is 22.3 Å². The van der Waals surface area contributed by atoms with Crippen molar-refractivity contribution in [2.24, 2.45) is 0 Å². The van der Waals surface area contributed by atoms with Crippen molar-refractivity contribution in [3.05, 3.63) is 82.0 Å². The van der Waals surface area contributed by atoms with Crippen LogP contribution in [0.4, 0.5) is 0 Å². The van der Waals surface area contributed by atoms with Gasteiger partial charge in [0.1, 0.15) is 0 Å². The average Bonchev–Trinajstić information content (AvgIpc) is 3.41. The fourth-order valence-electron chi connectivity index (χ4n) is 4.92. The lowest BCUT2D eigenvalue weighted by atomic mass is 9.79. The molecule has 3 aromatic carbocycles. The van der Waals surface area contributed by atoms with Gasteiger partial charge in [0.2, 0.25) is 0 Å². The Labute approximate surface area is 192 Å². The van der Waals surface area contributed by atoms with Gasteiger partial charge < -0.3 is 0 Å². The van der Waals surface area contributed by atoms with Crippen LogP contribution in [0, 0.1) is 0 Å². The molecule has 0 saturated heterocycles. The SMILES string of the molecule is CCCCCc1ccc(CCc2cc3ccc4c(c3s2)-c2ccc3ccsc3c2-4)cc1. The van der Waals surface area contributed by atoms with Gasteiger partial charge in [0.15, 0.2) is 0 Å². The van der Waals surface area contributed by atoms with Crippen molar-refractivity contribution in [1.82, 2.24) is 0 Å². The summed E-state index contributed by atoms with van der Waals surface area (Å²) in [6.45, 7) is 2.27. The van der Waals surface area contributed by atoms with E-state index < -0.39 is 0 Å². The lowest BCUT2D eigenvalue weighted by Crippen LogP contribution is -1.98. The summed E-state index contributed by atoms with van der Waals surface area (Å²) in [5.74, 6) is 0. The maximum absolute atomic E-state index is 2.42. The van der Waals surface area contributed by atoms with Crippen LogP contribution in [0.25, 0.3) is 42.4 Å². The van der Waals surface area contributed by atoms with E-state index >= 15 is 0 Å². The summed E-state index contributed by atoms with van der Waals surface area (Å²) >= 11 is 3.87. The Balaban J connectivity index is 1.22. The molecule has 0 unspecified atom stereocenters. The third-order valence-electron chi connectivity index (χ3n) is 6.65. The van der Waals surface area contributed by atoms with Gasteiger partial charge in [-0.15, -0.1) is 22.7 Å². The minimum absolute atomic E-state index is 1.12. The summed E-state index contributed by atoms with van der Waals surface area (Å²) in [6, 6.07) is 23.3. The molecule has 1 aliphatic carbocycles. The van der Waals surface area contributed by atoms with Gasteiger partial charge in [-0.1, -0.05) is 68.3 Å². The Morgan fingerprint density at radius 3 is 2.13 bits per heavy atom. The molecule has 0 saturated carbocycles. The zero-order chi connectivity index (χ0) is 20.8. The molecule has 0 N–H and O–H groups in total. The Morgan fingerprint density at radius 2 is 1.35 bits per heavy atom. The van der Waals surface area contributed by atoms with Gasteiger partial charge in [-0.05, 0) is 76.2 Å². The van der Waals surface area contributed by atoms with Gasteiger partial charge in [-0.2, -0.15) is 0 Å². The van der Waals surface area contributed by atoms with Gasteiger partial charge in [0.05, 0.1) is 0 Å². The monoisotopic (exact) mass is 438 g/mol. The van der Waals surface area contributed by atoms with Crippen LogP contribution in [0.15, 0.2) is 66.0 Å². The molecule has 0 bridgehead atoms. The Hall–Kier alpha value is -2.42. The van der Waals surface area contributed by atoms with Crippen LogP contribution >= 0.6 is 22.7 Å². The molecule has 0 nitrogen and oxygen atoms in total. The highest BCUT2D eigenvalue weighted by Gasteiger charge is 2.28. The second kappa shape index (κ2) is 7.93. The van der Waals surface area contributed by atoms with E-state index in [0.717, 1.165) is 12.8 Å². The first-order chi connectivity index (χ1) is 15.3.